The van der Waals surface area contributed by atoms with Crippen molar-refractivity contribution in [2.24, 2.45) is 5.92 Å². The van der Waals surface area contributed by atoms with E-state index in [1.165, 1.54) is 29.8 Å². The van der Waals surface area contributed by atoms with E-state index in [4.69, 9.17) is 4.74 Å². The van der Waals surface area contributed by atoms with Gasteiger partial charge in [-0.05, 0) is 37.0 Å². The Balaban J connectivity index is 1.64. The van der Waals surface area contributed by atoms with E-state index in [1.54, 1.807) is 0 Å². The van der Waals surface area contributed by atoms with Gasteiger partial charge in [-0.3, -0.25) is 9.59 Å². The van der Waals surface area contributed by atoms with Crippen LogP contribution >= 0.6 is 0 Å². The van der Waals surface area contributed by atoms with Crippen LogP contribution in [0.2, 0.25) is 0 Å². The van der Waals surface area contributed by atoms with E-state index in [-0.39, 0.29) is 23.7 Å². The Bertz CT molecular complexity index is 847. The summed E-state index contributed by atoms with van der Waals surface area (Å²) in [5, 5.41) is 6.24. The zero-order valence-electron chi connectivity index (χ0n) is 15.6. The number of rotatable bonds is 6. The van der Waals surface area contributed by atoms with Gasteiger partial charge in [-0.15, -0.1) is 0 Å². The molecule has 29 heavy (non-hydrogen) atoms. The third-order valence-corrected chi connectivity index (χ3v) is 4.81. The summed E-state index contributed by atoms with van der Waals surface area (Å²) >= 11 is 0. The van der Waals surface area contributed by atoms with Crippen LogP contribution in [0.15, 0.2) is 30.9 Å². The summed E-state index contributed by atoms with van der Waals surface area (Å²) in [6, 6.07) is 2.87. The predicted octanol–water partition coefficient (Wildman–Crippen LogP) is 3.74. The molecule has 1 saturated carbocycles. The highest BCUT2D eigenvalue weighted by atomic mass is 19.4. The number of hydrogen-bond acceptors (Lipinski definition) is 5. The topological polar surface area (TPSA) is 86.1 Å². The highest BCUT2D eigenvalue weighted by molar-refractivity contribution is 5.94. The molecule has 1 amide bonds. The molecule has 10 heteroatoms. The molecule has 0 spiro atoms. The molecule has 0 saturated heterocycles. The van der Waals surface area contributed by atoms with E-state index in [0.717, 1.165) is 37.8 Å². The lowest BCUT2D eigenvalue weighted by molar-refractivity contribution is -0.148. The van der Waals surface area contributed by atoms with Crippen LogP contribution in [0.4, 0.5) is 18.9 Å². The van der Waals surface area contributed by atoms with Crippen LogP contribution in [0.25, 0.3) is 5.69 Å². The number of benzene rings is 1. The van der Waals surface area contributed by atoms with Crippen LogP contribution < -0.4 is 5.32 Å². The number of carbonyl (C=O) groups excluding carboxylic acids is 2. The monoisotopic (exact) mass is 410 g/mol. The van der Waals surface area contributed by atoms with Gasteiger partial charge in [-0.1, -0.05) is 19.3 Å². The molecule has 1 heterocycles. The van der Waals surface area contributed by atoms with E-state index in [9.17, 15) is 22.8 Å². The second-order valence-corrected chi connectivity index (χ2v) is 6.99. The molecule has 0 unspecified atom stereocenters. The first kappa shape index (κ1) is 20.8. The minimum Gasteiger partial charge on any atom is -0.456 e. The lowest BCUT2D eigenvalue weighted by Crippen LogP contribution is -2.23. The Morgan fingerprint density at radius 1 is 1.21 bits per heavy atom. The van der Waals surface area contributed by atoms with Gasteiger partial charge in [0, 0.05) is 6.42 Å². The Labute approximate surface area is 165 Å². The van der Waals surface area contributed by atoms with E-state index in [0.29, 0.717) is 0 Å². The van der Waals surface area contributed by atoms with Crippen molar-refractivity contribution in [2.45, 2.75) is 44.7 Å². The number of halogens is 3. The summed E-state index contributed by atoms with van der Waals surface area (Å²) in [5.41, 5.74) is -0.831. The van der Waals surface area contributed by atoms with Crippen LogP contribution in [0, 0.1) is 5.92 Å². The van der Waals surface area contributed by atoms with E-state index in [1.807, 2.05) is 0 Å². The summed E-state index contributed by atoms with van der Waals surface area (Å²) < 4.78 is 45.3. The minimum absolute atomic E-state index is 0.112. The van der Waals surface area contributed by atoms with Gasteiger partial charge in [-0.25, -0.2) is 9.67 Å². The lowest BCUT2D eigenvalue weighted by Gasteiger charge is -2.20. The quantitative estimate of drug-likeness (QED) is 0.734. The van der Waals surface area contributed by atoms with Crippen molar-refractivity contribution in [3.05, 3.63) is 36.4 Å². The summed E-state index contributed by atoms with van der Waals surface area (Å²) in [5.74, 6) is -0.947. The average molecular weight is 410 g/mol. The van der Waals surface area contributed by atoms with Gasteiger partial charge in [0.15, 0.2) is 6.61 Å². The first-order valence-electron chi connectivity index (χ1n) is 9.34. The first-order valence-corrected chi connectivity index (χ1v) is 9.34. The zero-order chi connectivity index (χ0) is 20.9. The van der Waals surface area contributed by atoms with Crippen LogP contribution in [-0.2, 0) is 20.5 Å². The molecule has 156 valence electrons. The molecule has 1 N–H and O–H groups in total. The summed E-state index contributed by atoms with van der Waals surface area (Å²) in [6.45, 7) is -0.571. The highest BCUT2D eigenvalue weighted by Crippen LogP contribution is 2.33. The molecule has 1 fully saturated rings. The van der Waals surface area contributed by atoms with Crippen LogP contribution in [0.1, 0.15) is 44.1 Å². The molecule has 7 nitrogen and oxygen atoms in total. The number of esters is 1. The number of aromatic nitrogens is 3. The Hall–Kier alpha value is -2.91. The van der Waals surface area contributed by atoms with E-state index in [2.05, 4.69) is 15.4 Å². The first-order chi connectivity index (χ1) is 13.8. The van der Waals surface area contributed by atoms with E-state index >= 15 is 0 Å². The molecule has 0 aliphatic heterocycles. The summed E-state index contributed by atoms with van der Waals surface area (Å²) in [6.07, 6.45) is 3.45. The minimum atomic E-state index is -4.58. The molecule has 1 aromatic heterocycles. The number of anilines is 1. The van der Waals surface area contributed by atoms with Crippen molar-refractivity contribution >= 4 is 17.6 Å². The van der Waals surface area contributed by atoms with Crippen molar-refractivity contribution in [1.82, 2.24) is 14.8 Å². The fourth-order valence-electron chi connectivity index (χ4n) is 3.36. The number of ether oxygens (including phenoxy) is 1. The van der Waals surface area contributed by atoms with Gasteiger partial charge >= 0.3 is 12.1 Å². The predicted molar refractivity (Wildman–Crippen MR) is 97.1 cm³/mol. The summed E-state index contributed by atoms with van der Waals surface area (Å²) in [7, 11) is 0. The van der Waals surface area contributed by atoms with Crippen LogP contribution in [-0.4, -0.2) is 33.2 Å². The smallest absolute Gasteiger partial charge is 0.416 e. The van der Waals surface area contributed by atoms with Gasteiger partial charge < -0.3 is 10.1 Å². The number of hydrogen-bond donors (Lipinski definition) is 1. The summed E-state index contributed by atoms with van der Waals surface area (Å²) in [4.78, 5) is 27.9. The van der Waals surface area contributed by atoms with Gasteiger partial charge in [0.2, 0.25) is 0 Å². The lowest BCUT2D eigenvalue weighted by atomic mass is 9.87. The fourth-order valence-corrected chi connectivity index (χ4v) is 3.36. The number of amides is 1. The van der Waals surface area contributed by atoms with Crippen molar-refractivity contribution in [3.63, 3.8) is 0 Å². The third-order valence-electron chi connectivity index (χ3n) is 4.81. The molecule has 1 aromatic carbocycles. The van der Waals surface area contributed by atoms with Crippen LogP contribution in [0.3, 0.4) is 0 Å². The van der Waals surface area contributed by atoms with Crippen molar-refractivity contribution in [2.75, 3.05) is 11.9 Å². The third kappa shape index (κ3) is 5.78. The molecule has 1 aliphatic rings. The number of alkyl halides is 3. The molecular weight excluding hydrogens is 389 g/mol. The molecule has 0 atom stereocenters. The Kier molecular flexibility index (Phi) is 6.50. The van der Waals surface area contributed by atoms with Gasteiger partial charge in [-0.2, -0.15) is 18.3 Å². The van der Waals surface area contributed by atoms with Gasteiger partial charge in [0.25, 0.3) is 5.91 Å². The molecule has 0 radical (unpaired) electrons. The Morgan fingerprint density at radius 2 is 1.97 bits per heavy atom. The van der Waals surface area contributed by atoms with E-state index < -0.39 is 30.2 Å². The molecular formula is C19H21F3N4O3. The maximum atomic E-state index is 13.0. The normalized spacial score (nSPS) is 15.1. The second-order valence-electron chi connectivity index (χ2n) is 6.99. The number of nitrogens with zero attached hydrogens (tertiary/aromatic N) is 3. The average Bonchev–Trinajstić information content (AvgIpc) is 3.21. The van der Waals surface area contributed by atoms with Crippen molar-refractivity contribution in [3.8, 4) is 5.69 Å². The number of carbonyl (C=O) groups is 2. The van der Waals surface area contributed by atoms with Gasteiger partial charge in [0.05, 0.1) is 16.9 Å². The zero-order valence-corrected chi connectivity index (χ0v) is 15.6. The SMILES string of the molecule is O=C(COC(=O)CC1CCCCC1)Nc1cc(C(F)(F)F)ccc1-n1cncn1. The second kappa shape index (κ2) is 9.06. The maximum absolute atomic E-state index is 13.0. The molecule has 2 aromatic rings. The number of nitrogens with one attached hydrogen (secondary N) is 1. The van der Waals surface area contributed by atoms with Crippen molar-refractivity contribution < 1.29 is 27.5 Å². The largest absolute Gasteiger partial charge is 0.456 e. The van der Waals surface area contributed by atoms with Crippen LogP contribution in [0.5, 0.6) is 0 Å². The Morgan fingerprint density at radius 3 is 2.62 bits per heavy atom. The standard InChI is InChI=1S/C19H21F3N4O3/c20-19(21,22)14-6-7-16(26-12-23-11-24-26)15(9-14)25-17(27)10-29-18(28)8-13-4-2-1-3-5-13/h6-7,9,11-13H,1-5,8,10H2,(H,25,27). The fraction of sp³-hybridized carbons (Fsp3) is 0.474. The van der Waals surface area contributed by atoms with Crippen molar-refractivity contribution in [1.29, 1.82) is 0 Å². The molecule has 0 bridgehead atoms. The molecule has 3 rings (SSSR count). The maximum Gasteiger partial charge on any atom is 0.416 e. The molecule has 1 aliphatic carbocycles. The highest BCUT2D eigenvalue weighted by Gasteiger charge is 2.31. The van der Waals surface area contributed by atoms with Gasteiger partial charge in [0.1, 0.15) is 12.7 Å².